The van der Waals surface area contributed by atoms with Crippen molar-refractivity contribution in [2.24, 2.45) is 0 Å². The molecular formula is C12H15NO3S2. The Hall–Kier alpha value is -1.11. The zero-order valence-electron chi connectivity index (χ0n) is 10.1. The number of hydrogen-bond acceptors (Lipinski definition) is 4. The molecular weight excluding hydrogens is 270 g/mol. The van der Waals surface area contributed by atoms with Crippen molar-refractivity contribution in [3.05, 3.63) is 41.3 Å². The number of hydrogen-bond donors (Lipinski definition) is 2. The lowest BCUT2D eigenvalue weighted by atomic mass is 10.1. The highest BCUT2D eigenvalue weighted by molar-refractivity contribution is 8.72. The lowest BCUT2D eigenvalue weighted by Crippen LogP contribution is -2.24. The van der Waals surface area contributed by atoms with E-state index in [4.69, 9.17) is 5.11 Å². The Balaban J connectivity index is 2.54. The number of carbonyl (C=O) groups is 1. The van der Waals surface area contributed by atoms with Crippen molar-refractivity contribution < 1.29 is 14.5 Å². The van der Waals surface area contributed by atoms with E-state index in [2.05, 4.69) is 5.32 Å². The number of benzene rings is 1. The third kappa shape index (κ3) is 5.03. The van der Waals surface area contributed by atoms with Crippen LogP contribution in [-0.2, 0) is 15.0 Å². The van der Waals surface area contributed by atoms with Crippen molar-refractivity contribution in [3.63, 3.8) is 0 Å². The van der Waals surface area contributed by atoms with Gasteiger partial charge in [-0.05, 0) is 24.6 Å². The van der Waals surface area contributed by atoms with E-state index in [9.17, 15) is 9.35 Å². The molecule has 0 bridgehead atoms. The molecule has 98 valence electrons. The van der Waals surface area contributed by atoms with E-state index in [-0.39, 0.29) is 17.7 Å². The lowest BCUT2D eigenvalue weighted by Gasteiger charge is -2.12. The van der Waals surface area contributed by atoms with Crippen molar-refractivity contribution in [2.45, 2.75) is 13.0 Å². The molecule has 0 saturated carbocycles. The van der Waals surface area contributed by atoms with Gasteiger partial charge in [0.25, 0.3) is 0 Å². The van der Waals surface area contributed by atoms with Crippen LogP contribution in [0.25, 0.3) is 0 Å². The van der Waals surface area contributed by atoms with E-state index in [1.54, 1.807) is 30.5 Å². The molecule has 1 aromatic carbocycles. The minimum Gasteiger partial charge on any atom is -0.601 e. The fourth-order valence-corrected chi connectivity index (χ4v) is 2.13. The van der Waals surface area contributed by atoms with E-state index >= 15 is 0 Å². The van der Waals surface area contributed by atoms with Gasteiger partial charge in [0, 0.05) is 6.26 Å². The molecule has 2 unspecified atom stereocenters. The second-order valence-corrected chi connectivity index (χ2v) is 6.66. The van der Waals surface area contributed by atoms with Gasteiger partial charge in [-0.1, -0.05) is 12.1 Å². The molecule has 0 radical (unpaired) electrons. The summed E-state index contributed by atoms with van der Waals surface area (Å²) in [6, 6.07) is 6.44. The quantitative estimate of drug-likeness (QED) is 0.494. The first-order valence-electron chi connectivity index (χ1n) is 5.25. The van der Waals surface area contributed by atoms with Gasteiger partial charge in [-0.2, -0.15) is 0 Å². The molecule has 1 rings (SSSR count). The third-order valence-corrected chi connectivity index (χ3v) is 4.25. The highest BCUT2D eigenvalue weighted by atomic mass is 33.1. The summed E-state index contributed by atoms with van der Waals surface area (Å²) >= 11 is 0. The van der Waals surface area contributed by atoms with Gasteiger partial charge < -0.3 is 15.0 Å². The molecule has 2 atom stereocenters. The maximum atomic E-state index is 11.5. The summed E-state index contributed by atoms with van der Waals surface area (Å²) in [5.41, 5.74) is 0.889. The maximum absolute atomic E-state index is 11.5. The van der Waals surface area contributed by atoms with Crippen LogP contribution in [0.5, 0.6) is 5.75 Å². The number of rotatable bonds is 5. The van der Waals surface area contributed by atoms with Gasteiger partial charge in [0.2, 0.25) is 5.91 Å². The normalized spacial score (nSPS) is 14.4. The first kappa shape index (κ1) is 14.9. The summed E-state index contributed by atoms with van der Waals surface area (Å²) in [5.74, 6) is -0.106. The van der Waals surface area contributed by atoms with E-state index in [1.807, 2.05) is 6.92 Å². The minimum absolute atomic E-state index is 0.175. The zero-order chi connectivity index (χ0) is 13.5. The summed E-state index contributed by atoms with van der Waals surface area (Å²) in [5, 5.41) is 13.3. The number of nitrogens with one attached hydrogen (secondary N) is 1. The first-order chi connectivity index (χ1) is 8.52. The SMILES string of the molecule is CS[S+]([O-])/C=C\C(=O)NC(C)c1ccc(O)cc1. The maximum Gasteiger partial charge on any atom is 0.248 e. The Morgan fingerprint density at radius 3 is 2.67 bits per heavy atom. The fraction of sp³-hybridized carbons (Fsp3) is 0.250. The Labute approximate surface area is 113 Å². The molecule has 1 aromatic rings. The summed E-state index contributed by atoms with van der Waals surface area (Å²) in [6.07, 6.45) is 2.97. The smallest absolute Gasteiger partial charge is 0.248 e. The van der Waals surface area contributed by atoms with Crippen LogP contribution in [0.15, 0.2) is 35.7 Å². The molecule has 0 fully saturated rings. The largest absolute Gasteiger partial charge is 0.601 e. The van der Waals surface area contributed by atoms with E-state index in [0.717, 1.165) is 16.4 Å². The van der Waals surface area contributed by atoms with Gasteiger partial charge >= 0.3 is 0 Å². The summed E-state index contributed by atoms with van der Waals surface area (Å²) in [7, 11) is -0.00649. The molecule has 4 nitrogen and oxygen atoms in total. The molecule has 18 heavy (non-hydrogen) atoms. The molecule has 0 aliphatic rings. The van der Waals surface area contributed by atoms with Crippen molar-refractivity contribution in [2.75, 3.05) is 6.26 Å². The van der Waals surface area contributed by atoms with Crippen molar-refractivity contribution >= 4 is 26.9 Å². The highest BCUT2D eigenvalue weighted by Crippen LogP contribution is 2.16. The van der Waals surface area contributed by atoms with Crippen LogP contribution in [0, 0.1) is 0 Å². The number of aromatic hydroxyl groups is 1. The number of phenolic OH excluding ortho intramolecular Hbond substituents is 1. The molecule has 0 aromatic heterocycles. The van der Waals surface area contributed by atoms with Crippen LogP contribution in [0.3, 0.4) is 0 Å². The Morgan fingerprint density at radius 1 is 1.50 bits per heavy atom. The average molecular weight is 285 g/mol. The molecule has 1 amide bonds. The molecule has 0 heterocycles. The van der Waals surface area contributed by atoms with Crippen LogP contribution in [-0.4, -0.2) is 21.8 Å². The first-order valence-corrected chi connectivity index (χ1v) is 8.21. The third-order valence-electron chi connectivity index (χ3n) is 2.25. The van der Waals surface area contributed by atoms with Crippen LogP contribution >= 0.6 is 10.8 Å². The summed E-state index contributed by atoms with van der Waals surface area (Å²) in [6.45, 7) is 1.84. The highest BCUT2D eigenvalue weighted by Gasteiger charge is 2.08. The zero-order valence-corrected chi connectivity index (χ0v) is 11.8. The van der Waals surface area contributed by atoms with Crippen LogP contribution in [0.4, 0.5) is 0 Å². The molecule has 0 spiro atoms. The fourth-order valence-electron chi connectivity index (χ4n) is 1.28. The molecule has 0 aliphatic carbocycles. The molecule has 0 saturated heterocycles. The van der Waals surface area contributed by atoms with Gasteiger partial charge in [-0.25, -0.2) is 0 Å². The Morgan fingerprint density at radius 2 is 2.11 bits per heavy atom. The summed E-state index contributed by atoms with van der Waals surface area (Å²) < 4.78 is 11.1. The topological polar surface area (TPSA) is 72.4 Å². The van der Waals surface area contributed by atoms with E-state index in [0.29, 0.717) is 0 Å². The van der Waals surface area contributed by atoms with E-state index in [1.165, 1.54) is 11.5 Å². The van der Waals surface area contributed by atoms with Crippen molar-refractivity contribution in [3.8, 4) is 5.75 Å². The van der Waals surface area contributed by atoms with Gasteiger partial charge in [-0.3, -0.25) is 4.79 Å². The number of carbonyl (C=O) groups excluding carboxylic acids is 1. The van der Waals surface area contributed by atoms with Crippen LogP contribution < -0.4 is 5.32 Å². The number of phenols is 1. The molecule has 6 heteroatoms. The Bertz CT molecular complexity index is 420. The average Bonchev–Trinajstić information content (AvgIpc) is 2.36. The monoisotopic (exact) mass is 285 g/mol. The van der Waals surface area contributed by atoms with Crippen LogP contribution in [0.1, 0.15) is 18.5 Å². The second-order valence-electron chi connectivity index (χ2n) is 3.55. The number of amides is 1. The molecule has 0 aliphatic heterocycles. The van der Waals surface area contributed by atoms with Gasteiger partial charge in [0.15, 0.2) is 0 Å². The Kier molecular flexibility index (Phi) is 6.11. The van der Waals surface area contributed by atoms with E-state index < -0.39 is 10.2 Å². The standard InChI is InChI=1S/C12H15NO3S2/c1-9(10-3-5-11(14)6-4-10)13-12(15)7-8-18(16)17-2/h3-9,14H,1-2H3,(H,13,15)/b8-7-. The predicted molar refractivity (Wildman–Crippen MR) is 75.5 cm³/mol. The van der Waals surface area contributed by atoms with Gasteiger partial charge in [0.05, 0.1) is 33.1 Å². The van der Waals surface area contributed by atoms with Gasteiger partial charge in [-0.15, -0.1) is 0 Å². The lowest BCUT2D eigenvalue weighted by molar-refractivity contribution is -0.117. The second kappa shape index (κ2) is 7.35. The summed E-state index contributed by atoms with van der Waals surface area (Å²) in [4.78, 5) is 11.5. The molecule has 2 N–H and O–H groups in total. The minimum atomic E-state index is -1.17. The predicted octanol–water partition coefficient (Wildman–Crippen LogP) is 2.11. The van der Waals surface area contributed by atoms with Crippen molar-refractivity contribution in [1.29, 1.82) is 0 Å². The van der Waals surface area contributed by atoms with Gasteiger partial charge in [0.1, 0.15) is 11.2 Å². The van der Waals surface area contributed by atoms with Crippen molar-refractivity contribution in [1.82, 2.24) is 5.32 Å². The van der Waals surface area contributed by atoms with Crippen LogP contribution in [0.2, 0.25) is 0 Å².